The first-order valence-corrected chi connectivity index (χ1v) is 11.8. The Kier molecular flexibility index (Phi) is 6.68. The van der Waals surface area contributed by atoms with E-state index in [4.69, 9.17) is 21.7 Å². The fourth-order valence-electron chi connectivity index (χ4n) is 3.78. The van der Waals surface area contributed by atoms with Crippen LogP contribution < -0.4 is 9.47 Å². The van der Waals surface area contributed by atoms with E-state index in [1.807, 2.05) is 67.6 Å². The van der Waals surface area contributed by atoms with Gasteiger partial charge in [0.05, 0.1) is 12.8 Å². The fraction of sp³-hybridized carbons (Fsp3) is 0.107. The lowest BCUT2D eigenvalue weighted by Crippen LogP contribution is -2.01. The summed E-state index contributed by atoms with van der Waals surface area (Å²) < 4.78 is 14.0. The van der Waals surface area contributed by atoms with Gasteiger partial charge < -0.3 is 9.47 Å². The number of aromatic amines is 1. The quantitative estimate of drug-likeness (QED) is 0.200. The van der Waals surface area contributed by atoms with Crippen molar-refractivity contribution in [3.05, 3.63) is 107 Å². The van der Waals surface area contributed by atoms with Gasteiger partial charge in [0.15, 0.2) is 17.3 Å². The second-order valence-electron chi connectivity index (χ2n) is 7.88. The summed E-state index contributed by atoms with van der Waals surface area (Å²) in [5, 5.41) is 14.1. The van der Waals surface area contributed by atoms with E-state index in [0.717, 1.165) is 16.7 Å². The van der Waals surface area contributed by atoms with Gasteiger partial charge in [-0.2, -0.15) is 14.9 Å². The van der Waals surface area contributed by atoms with E-state index < -0.39 is 0 Å². The van der Waals surface area contributed by atoms with E-state index in [9.17, 15) is 0 Å². The maximum absolute atomic E-state index is 6.12. The van der Waals surface area contributed by atoms with Crippen LogP contribution in [0, 0.1) is 4.77 Å². The highest BCUT2D eigenvalue weighted by Crippen LogP contribution is 2.29. The molecule has 0 aliphatic heterocycles. The molecule has 7 heteroatoms. The van der Waals surface area contributed by atoms with Crippen LogP contribution in [0.1, 0.15) is 18.1 Å². The molecular formula is C28H24N4O2S. The molecule has 0 radical (unpaired) electrons. The van der Waals surface area contributed by atoms with Crippen molar-refractivity contribution in [2.75, 3.05) is 6.61 Å². The van der Waals surface area contributed by atoms with Crippen molar-refractivity contribution in [1.82, 2.24) is 14.9 Å². The van der Waals surface area contributed by atoms with Crippen molar-refractivity contribution in [3.63, 3.8) is 0 Å². The summed E-state index contributed by atoms with van der Waals surface area (Å²) in [4.78, 5) is 0. The number of hydrogen-bond donors (Lipinski definition) is 1. The van der Waals surface area contributed by atoms with Crippen molar-refractivity contribution in [2.45, 2.75) is 13.5 Å². The van der Waals surface area contributed by atoms with Gasteiger partial charge in [-0.25, -0.2) is 5.10 Å². The number of ether oxygens (including phenoxy) is 2. The molecule has 5 rings (SSSR count). The smallest absolute Gasteiger partial charge is 0.216 e. The third kappa shape index (κ3) is 5.15. The SMILES string of the molecule is CCOc1cc(/C=N/n2c(-c3ccccc3)n[nH]c2=S)ccc1OCc1ccc2ccccc2c1. The normalized spacial score (nSPS) is 11.2. The molecule has 35 heavy (non-hydrogen) atoms. The Morgan fingerprint density at radius 1 is 0.886 bits per heavy atom. The molecule has 0 atom stereocenters. The third-order valence-electron chi connectivity index (χ3n) is 5.48. The highest BCUT2D eigenvalue weighted by molar-refractivity contribution is 7.71. The molecule has 174 valence electrons. The zero-order valence-corrected chi connectivity index (χ0v) is 20.0. The van der Waals surface area contributed by atoms with Crippen molar-refractivity contribution in [3.8, 4) is 22.9 Å². The van der Waals surface area contributed by atoms with Crippen LogP contribution >= 0.6 is 12.2 Å². The predicted octanol–water partition coefficient (Wildman–Crippen LogP) is 6.62. The van der Waals surface area contributed by atoms with E-state index >= 15 is 0 Å². The summed E-state index contributed by atoms with van der Waals surface area (Å²) in [5.74, 6) is 1.99. The maximum atomic E-state index is 6.12. The molecule has 0 aliphatic rings. The Hall–Kier alpha value is -4.23. The van der Waals surface area contributed by atoms with E-state index in [0.29, 0.717) is 35.3 Å². The summed E-state index contributed by atoms with van der Waals surface area (Å²) in [7, 11) is 0. The third-order valence-corrected chi connectivity index (χ3v) is 5.74. The van der Waals surface area contributed by atoms with Crippen molar-refractivity contribution >= 4 is 29.2 Å². The minimum absolute atomic E-state index is 0.417. The largest absolute Gasteiger partial charge is 0.490 e. The van der Waals surface area contributed by atoms with E-state index in [2.05, 4.69) is 45.6 Å². The lowest BCUT2D eigenvalue weighted by molar-refractivity contribution is 0.269. The predicted molar refractivity (Wildman–Crippen MR) is 142 cm³/mol. The first-order chi connectivity index (χ1) is 17.2. The Bertz CT molecular complexity index is 1540. The number of H-pyrrole nitrogens is 1. The first kappa shape index (κ1) is 22.6. The topological polar surface area (TPSA) is 64.4 Å². The van der Waals surface area contributed by atoms with Crippen LogP contribution in [0.3, 0.4) is 0 Å². The van der Waals surface area contributed by atoms with Gasteiger partial charge in [-0.3, -0.25) is 0 Å². The van der Waals surface area contributed by atoms with E-state index in [1.165, 1.54) is 10.8 Å². The van der Waals surface area contributed by atoms with E-state index in [-0.39, 0.29) is 0 Å². The van der Waals surface area contributed by atoms with Crippen LogP contribution in [-0.2, 0) is 6.61 Å². The van der Waals surface area contributed by atoms with E-state index in [1.54, 1.807) is 10.9 Å². The molecule has 0 spiro atoms. The monoisotopic (exact) mass is 480 g/mol. The summed E-state index contributed by atoms with van der Waals surface area (Å²) >= 11 is 5.37. The number of benzene rings is 4. The van der Waals surface area contributed by atoms with Crippen LogP contribution in [0.2, 0.25) is 0 Å². The highest BCUT2D eigenvalue weighted by Gasteiger charge is 2.09. The Labute approximate surface area is 208 Å². The number of rotatable bonds is 8. The van der Waals surface area contributed by atoms with Gasteiger partial charge in [-0.1, -0.05) is 66.7 Å². The molecule has 1 aromatic heterocycles. The van der Waals surface area contributed by atoms with Gasteiger partial charge in [0, 0.05) is 5.56 Å². The van der Waals surface area contributed by atoms with Gasteiger partial charge in [0.1, 0.15) is 6.61 Å². The number of fused-ring (bicyclic) bond motifs is 1. The molecule has 6 nitrogen and oxygen atoms in total. The molecule has 0 fully saturated rings. The Balaban J connectivity index is 1.36. The average Bonchev–Trinajstić information content (AvgIpc) is 3.27. The molecule has 0 amide bonds. The standard InChI is InChI=1S/C28H24N4O2S/c1-2-33-26-17-20(18-29-32-27(30-31-28(32)35)23-9-4-3-5-10-23)13-15-25(26)34-19-21-12-14-22-8-6-7-11-24(22)16-21/h3-18H,2,19H2,1H3,(H,31,35)/b29-18+. The molecule has 0 saturated carbocycles. The lowest BCUT2D eigenvalue weighted by Gasteiger charge is -2.13. The number of nitrogens with zero attached hydrogens (tertiary/aromatic N) is 3. The van der Waals surface area contributed by atoms with Crippen LogP contribution in [0.4, 0.5) is 0 Å². The number of nitrogens with one attached hydrogen (secondary N) is 1. The number of aromatic nitrogens is 3. The summed E-state index contributed by atoms with van der Waals surface area (Å²) in [6.07, 6.45) is 1.73. The summed E-state index contributed by atoms with van der Waals surface area (Å²) in [5.41, 5.74) is 2.87. The average molecular weight is 481 g/mol. The molecule has 1 N–H and O–H groups in total. The van der Waals surface area contributed by atoms with Crippen LogP contribution in [0.25, 0.3) is 22.2 Å². The minimum atomic E-state index is 0.417. The summed E-state index contributed by atoms with van der Waals surface area (Å²) in [6.45, 7) is 2.92. The highest BCUT2D eigenvalue weighted by atomic mass is 32.1. The molecule has 0 aliphatic carbocycles. The van der Waals surface area contributed by atoms with Crippen LogP contribution in [-0.4, -0.2) is 27.7 Å². The van der Waals surface area contributed by atoms with Gasteiger partial charge in [0.2, 0.25) is 4.77 Å². The van der Waals surface area contributed by atoms with Crippen LogP contribution in [0.15, 0.2) is 96.1 Å². The minimum Gasteiger partial charge on any atom is -0.490 e. The molecule has 1 heterocycles. The zero-order valence-electron chi connectivity index (χ0n) is 19.2. The Morgan fingerprint density at radius 2 is 1.69 bits per heavy atom. The molecule has 0 unspecified atom stereocenters. The second-order valence-corrected chi connectivity index (χ2v) is 8.27. The molecule has 5 aromatic rings. The zero-order chi connectivity index (χ0) is 24.0. The molecule has 4 aromatic carbocycles. The van der Waals surface area contributed by atoms with Gasteiger partial charge in [-0.05, 0) is 65.3 Å². The number of hydrogen-bond acceptors (Lipinski definition) is 5. The fourth-order valence-corrected chi connectivity index (χ4v) is 3.96. The van der Waals surface area contributed by atoms with Gasteiger partial charge in [-0.15, -0.1) is 0 Å². The van der Waals surface area contributed by atoms with Crippen molar-refractivity contribution < 1.29 is 9.47 Å². The summed E-state index contributed by atoms with van der Waals surface area (Å²) in [6, 6.07) is 30.2. The maximum Gasteiger partial charge on any atom is 0.216 e. The molecule has 0 saturated heterocycles. The van der Waals surface area contributed by atoms with Crippen molar-refractivity contribution in [2.24, 2.45) is 5.10 Å². The lowest BCUT2D eigenvalue weighted by atomic mass is 10.1. The van der Waals surface area contributed by atoms with Gasteiger partial charge in [0.25, 0.3) is 0 Å². The Morgan fingerprint density at radius 3 is 2.51 bits per heavy atom. The van der Waals surface area contributed by atoms with Crippen molar-refractivity contribution in [1.29, 1.82) is 0 Å². The second kappa shape index (κ2) is 10.4. The molecule has 0 bridgehead atoms. The van der Waals surface area contributed by atoms with Crippen LogP contribution in [0.5, 0.6) is 11.5 Å². The molecular weight excluding hydrogens is 456 g/mol. The van der Waals surface area contributed by atoms with Gasteiger partial charge >= 0.3 is 0 Å². The first-order valence-electron chi connectivity index (χ1n) is 11.4.